The zero-order chi connectivity index (χ0) is 12.4. The van der Waals surface area contributed by atoms with Crippen LogP contribution in [0, 0.1) is 5.92 Å². The van der Waals surface area contributed by atoms with E-state index in [1.165, 1.54) is 6.42 Å². The van der Waals surface area contributed by atoms with Crippen LogP contribution in [0.4, 0.5) is 0 Å². The van der Waals surface area contributed by atoms with Gasteiger partial charge in [-0.15, -0.1) is 0 Å². The summed E-state index contributed by atoms with van der Waals surface area (Å²) in [7, 11) is 1.69. The van der Waals surface area contributed by atoms with Crippen LogP contribution in [0.15, 0.2) is 24.5 Å². The van der Waals surface area contributed by atoms with Crippen molar-refractivity contribution in [2.45, 2.75) is 19.3 Å². The molecule has 0 saturated carbocycles. The molecule has 1 aliphatic rings. The molecule has 4 nitrogen and oxygen atoms in total. The molecule has 3 heterocycles. The quantitative estimate of drug-likeness (QED) is 0.833. The van der Waals surface area contributed by atoms with Crippen molar-refractivity contribution in [2.24, 2.45) is 5.92 Å². The first-order chi connectivity index (χ1) is 8.86. The maximum absolute atomic E-state index is 5.53. The predicted molar refractivity (Wildman–Crippen MR) is 69.0 cm³/mol. The van der Waals surface area contributed by atoms with Crippen molar-refractivity contribution in [2.75, 3.05) is 20.3 Å². The van der Waals surface area contributed by atoms with Crippen LogP contribution in [0.25, 0.3) is 5.52 Å². The molecule has 2 aromatic rings. The van der Waals surface area contributed by atoms with Gasteiger partial charge in [-0.3, -0.25) is 0 Å². The van der Waals surface area contributed by atoms with Crippen molar-refractivity contribution in [1.82, 2.24) is 9.38 Å². The van der Waals surface area contributed by atoms with E-state index >= 15 is 0 Å². The fourth-order valence-electron chi connectivity index (χ4n) is 2.52. The van der Waals surface area contributed by atoms with Crippen LogP contribution in [0.3, 0.4) is 0 Å². The highest BCUT2D eigenvalue weighted by Gasteiger charge is 2.17. The van der Waals surface area contributed by atoms with Crippen molar-refractivity contribution < 1.29 is 9.47 Å². The molecule has 0 N–H and O–H groups in total. The van der Waals surface area contributed by atoms with Crippen LogP contribution in [-0.2, 0) is 11.2 Å². The Bertz CT molecular complexity index is 530. The van der Waals surface area contributed by atoms with E-state index < -0.39 is 0 Å². The van der Waals surface area contributed by atoms with Gasteiger partial charge >= 0.3 is 0 Å². The molecular weight excluding hydrogens is 228 g/mol. The summed E-state index contributed by atoms with van der Waals surface area (Å²) in [5.74, 6) is 2.55. The zero-order valence-electron chi connectivity index (χ0n) is 10.6. The lowest BCUT2D eigenvalue weighted by molar-refractivity contribution is 0.0542. The van der Waals surface area contributed by atoms with Gasteiger partial charge in [0, 0.05) is 19.6 Å². The molecule has 96 valence electrons. The van der Waals surface area contributed by atoms with Gasteiger partial charge in [0.15, 0.2) is 0 Å². The molecule has 0 radical (unpaired) electrons. The molecule has 1 saturated heterocycles. The Balaban J connectivity index is 1.86. The number of rotatable bonds is 3. The summed E-state index contributed by atoms with van der Waals surface area (Å²) >= 11 is 0. The first-order valence-electron chi connectivity index (χ1n) is 6.44. The molecule has 18 heavy (non-hydrogen) atoms. The van der Waals surface area contributed by atoms with Crippen molar-refractivity contribution in [3.05, 3.63) is 30.4 Å². The number of hydrogen-bond donors (Lipinski definition) is 0. The molecule has 1 fully saturated rings. The van der Waals surface area contributed by atoms with Gasteiger partial charge < -0.3 is 13.9 Å². The first-order valence-corrected chi connectivity index (χ1v) is 6.44. The zero-order valence-corrected chi connectivity index (χ0v) is 10.6. The Morgan fingerprint density at radius 3 is 3.22 bits per heavy atom. The molecule has 2 aromatic heterocycles. The highest BCUT2D eigenvalue weighted by atomic mass is 16.5. The largest absolute Gasteiger partial charge is 0.495 e. The first kappa shape index (κ1) is 11.5. The van der Waals surface area contributed by atoms with E-state index in [0.717, 1.165) is 43.1 Å². The molecule has 0 spiro atoms. The minimum Gasteiger partial charge on any atom is -0.495 e. The van der Waals surface area contributed by atoms with Gasteiger partial charge in [0.2, 0.25) is 0 Å². The third-order valence-electron chi connectivity index (χ3n) is 3.54. The molecule has 0 bridgehead atoms. The van der Waals surface area contributed by atoms with Gasteiger partial charge in [-0.1, -0.05) is 0 Å². The van der Waals surface area contributed by atoms with Crippen LogP contribution >= 0.6 is 0 Å². The number of pyridine rings is 1. The standard InChI is InChI=1S/C14H18N2O2/c1-17-13-5-4-12-8-15-14(16(12)9-13)7-11-3-2-6-18-10-11/h4-5,8-9,11H,2-3,6-7,10H2,1H3. The summed E-state index contributed by atoms with van der Waals surface area (Å²) in [5, 5.41) is 0. The lowest BCUT2D eigenvalue weighted by Gasteiger charge is -2.21. The van der Waals surface area contributed by atoms with E-state index in [1.54, 1.807) is 7.11 Å². The average Bonchev–Trinajstić information content (AvgIpc) is 2.82. The molecule has 0 aliphatic carbocycles. The number of hydrogen-bond acceptors (Lipinski definition) is 3. The maximum Gasteiger partial charge on any atom is 0.135 e. The smallest absolute Gasteiger partial charge is 0.135 e. The Kier molecular flexibility index (Phi) is 3.19. The van der Waals surface area contributed by atoms with Gasteiger partial charge in [0.05, 0.1) is 25.0 Å². The molecule has 0 aromatic carbocycles. The second-order valence-electron chi connectivity index (χ2n) is 4.83. The van der Waals surface area contributed by atoms with Crippen molar-refractivity contribution >= 4 is 5.52 Å². The topological polar surface area (TPSA) is 35.8 Å². The second kappa shape index (κ2) is 4.98. The Labute approximate surface area is 107 Å². The number of aromatic nitrogens is 2. The SMILES string of the molecule is COc1ccc2cnc(CC3CCCOC3)n2c1. The monoisotopic (exact) mass is 246 g/mol. The lowest BCUT2D eigenvalue weighted by atomic mass is 9.98. The molecule has 3 rings (SSSR count). The molecule has 4 heteroatoms. The summed E-state index contributed by atoms with van der Waals surface area (Å²) in [6.07, 6.45) is 7.29. The minimum atomic E-state index is 0.593. The van der Waals surface area contributed by atoms with Gasteiger partial charge in [-0.05, 0) is 30.9 Å². The summed E-state index contributed by atoms with van der Waals surface area (Å²) in [4.78, 5) is 4.52. The predicted octanol–water partition coefficient (Wildman–Crippen LogP) is 2.31. The molecule has 0 amide bonds. The summed E-state index contributed by atoms with van der Waals surface area (Å²) in [6, 6.07) is 4.00. The van der Waals surface area contributed by atoms with E-state index in [1.807, 2.05) is 24.5 Å². The van der Waals surface area contributed by atoms with E-state index in [4.69, 9.17) is 9.47 Å². The normalized spacial score (nSPS) is 20.2. The summed E-state index contributed by atoms with van der Waals surface area (Å²) in [5.41, 5.74) is 1.11. The number of nitrogens with zero attached hydrogens (tertiary/aromatic N) is 2. The number of ether oxygens (including phenoxy) is 2. The van der Waals surface area contributed by atoms with Crippen molar-refractivity contribution in [1.29, 1.82) is 0 Å². The van der Waals surface area contributed by atoms with Gasteiger partial charge in [0.1, 0.15) is 11.6 Å². The molecule has 1 unspecified atom stereocenters. The third-order valence-corrected chi connectivity index (χ3v) is 3.54. The third kappa shape index (κ3) is 2.20. The summed E-state index contributed by atoms with van der Waals surface area (Å²) < 4.78 is 12.9. The number of methoxy groups -OCH3 is 1. The average molecular weight is 246 g/mol. The maximum atomic E-state index is 5.53. The molecule has 1 atom stereocenters. The Hall–Kier alpha value is -1.55. The van der Waals surface area contributed by atoms with Gasteiger partial charge in [-0.2, -0.15) is 0 Å². The Morgan fingerprint density at radius 1 is 1.50 bits per heavy atom. The summed E-state index contributed by atoms with van der Waals surface area (Å²) in [6.45, 7) is 1.77. The number of imidazole rings is 1. The highest BCUT2D eigenvalue weighted by molar-refractivity contribution is 5.48. The van der Waals surface area contributed by atoms with Crippen molar-refractivity contribution in [3.63, 3.8) is 0 Å². The molecular formula is C14H18N2O2. The van der Waals surface area contributed by atoms with Crippen LogP contribution < -0.4 is 4.74 Å². The van der Waals surface area contributed by atoms with Crippen LogP contribution in [-0.4, -0.2) is 29.7 Å². The van der Waals surface area contributed by atoms with E-state index in [-0.39, 0.29) is 0 Å². The van der Waals surface area contributed by atoms with Gasteiger partial charge in [-0.25, -0.2) is 4.98 Å². The van der Waals surface area contributed by atoms with E-state index in [0.29, 0.717) is 5.92 Å². The highest BCUT2D eigenvalue weighted by Crippen LogP contribution is 2.20. The van der Waals surface area contributed by atoms with E-state index in [9.17, 15) is 0 Å². The number of fused-ring (bicyclic) bond motifs is 1. The minimum absolute atomic E-state index is 0.593. The fraction of sp³-hybridized carbons (Fsp3) is 0.500. The van der Waals surface area contributed by atoms with Gasteiger partial charge in [0.25, 0.3) is 0 Å². The van der Waals surface area contributed by atoms with Crippen LogP contribution in [0.1, 0.15) is 18.7 Å². The second-order valence-corrected chi connectivity index (χ2v) is 4.83. The van der Waals surface area contributed by atoms with Crippen LogP contribution in [0.5, 0.6) is 5.75 Å². The Morgan fingerprint density at radius 2 is 2.44 bits per heavy atom. The van der Waals surface area contributed by atoms with Crippen LogP contribution in [0.2, 0.25) is 0 Å². The van der Waals surface area contributed by atoms with Crippen molar-refractivity contribution in [3.8, 4) is 5.75 Å². The molecule has 1 aliphatic heterocycles. The van der Waals surface area contributed by atoms with E-state index in [2.05, 4.69) is 9.38 Å². The fourth-order valence-corrected chi connectivity index (χ4v) is 2.52. The lowest BCUT2D eigenvalue weighted by Crippen LogP contribution is -2.20.